The van der Waals surface area contributed by atoms with Crippen molar-refractivity contribution in [2.24, 2.45) is 0 Å². The van der Waals surface area contributed by atoms with Gasteiger partial charge in [-0.1, -0.05) is 67.1 Å². The second-order valence-corrected chi connectivity index (χ2v) is 9.17. The summed E-state index contributed by atoms with van der Waals surface area (Å²) in [5.74, 6) is -1.86. The van der Waals surface area contributed by atoms with Crippen molar-refractivity contribution in [2.75, 3.05) is 0 Å². The van der Waals surface area contributed by atoms with Gasteiger partial charge in [0.05, 0.1) is 16.8 Å². The summed E-state index contributed by atoms with van der Waals surface area (Å²) in [5.41, 5.74) is 0.568. The molecule has 1 aliphatic heterocycles. The van der Waals surface area contributed by atoms with E-state index < -0.39 is 29.2 Å². The van der Waals surface area contributed by atoms with E-state index in [2.05, 4.69) is 0 Å². The fourth-order valence-electron chi connectivity index (χ4n) is 5.18. The van der Waals surface area contributed by atoms with E-state index in [9.17, 15) is 19.8 Å². The van der Waals surface area contributed by atoms with Crippen molar-refractivity contribution in [1.29, 1.82) is 0 Å². The van der Waals surface area contributed by atoms with Crippen molar-refractivity contribution in [1.82, 2.24) is 4.57 Å². The van der Waals surface area contributed by atoms with Gasteiger partial charge in [0.2, 0.25) is 28.9 Å². The van der Waals surface area contributed by atoms with Crippen LogP contribution in [-0.2, 0) is 16.8 Å². The lowest BCUT2D eigenvalue weighted by molar-refractivity contribution is -0.0231. The number of ether oxygens (including phenoxy) is 1. The van der Waals surface area contributed by atoms with E-state index in [0.29, 0.717) is 16.3 Å². The predicted molar refractivity (Wildman–Crippen MR) is 130 cm³/mol. The molecule has 6 nitrogen and oxygen atoms in total. The molecule has 2 N–H and O–H groups in total. The summed E-state index contributed by atoms with van der Waals surface area (Å²) in [5, 5.41) is 23.3. The highest BCUT2D eigenvalue weighted by atomic mass is 35.5. The molecular formula is C28H20ClNO5. The Balaban J connectivity index is 1.64. The summed E-state index contributed by atoms with van der Waals surface area (Å²) in [4.78, 5) is 27.5. The second-order valence-electron chi connectivity index (χ2n) is 8.73. The van der Waals surface area contributed by atoms with Crippen molar-refractivity contribution in [3.63, 3.8) is 0 Å². The number of ketones is 2. The number of fused-ring (bicyclic) bond motifs is 3. The number of aryl methyl sites for hydroxylation is 1. The Hall–Kier alpha value is -3.87. The number of hydrogen-bond donors (Lipinski definition) is 2. The Bertz CT molecular complexity index is 1500. The van der Waals surface area contributed by atoms with Gasteiger partial charge in [-0.3, -0.25) is 14.2 Å². The molecule has 1 unspecified atom stereocenters. The fourth-order valence-corrected chi connectivity index (χ4v) is 5.38. The van der Waals surface area contributed by atoms with Crippen LogP contribution in [0.4, 0.5) is 0 Å². The molecule has 0 radical (unpaired) electrons. The number of nitrogens with zero attached hydrogens (tertiary/aromatic N) is 1. The number of Topliss-reactive ketones (excluding diaryl/α,β-unsaturated/α-hetero) is 2. The number of carbonyl (C=O) groups is 2. The van der Waals surface area contributed by atoms with Crippen LogP contribution in [0.2, 0.25) is 5.02 Å². The molecule has 1 spiro atoms. The lowest BCUT2D eigenvalue weighted by atomic mass is 9.88. The number of halogens is 1. The molecule has 0 saturated heterocycles. The number of benzene rings is 3. The zero-order chi connectivity index (χ0) is 24.5. The molecular weight excluding hydrogens is 466 g/mol. The Labute approximate surface area is 206 Å². The number of carbonyl (C=O) groups excluding carboxylic acids is 2. The van der Waals surface area contributed by atoms with E-state index in [-0.39, 0.29) is 28.1 Å². The molecule has 0 fully saturated rings. The van der Waals surface area contributed by atoms with Crippen LogP contribution in [0.5, 0.6) is 11.8 Å². The van der Waals surface area contributed by atoms with Gasteiger partial charge in [-0.15, -0.1) is 0 Å². The van der Waals surface area contributed by atoms with E-state index in [1.54, 1.807) is 60.7 Å². The molecule has 6 rings (SSSR count). The molecule has 4 aromatic rings. The van der Waals surface area contributed by atoms with Crippen LogP contribution in [0.1, 0.15) is 56.0 Å². The maximum absolute atomic E-state index is 13.8. The first kappa shape index (κ1) is 21.6. The van der Waals surface area contributed by atoms with Gasteiger partial charge < -0.3 is 14.9 Å². The molecule has 2 aliphatic rings. The Morgan fingerprint density at radius 2 is 1.57 bits per heavy atom. The van der Waals surface area contributed by atoms with Gasteiger partial charge in [0.15, 0.2) is 0 Å². The van der Waals surface area contributed by atoms with Crippen LogP contribution in [0.25, 0.3) is 5.69 Å². The first-order chi connectivity index (χ1) is 16.9. The zero-order valence-corrected chi connectivity index (χ0v) is 19.4. The third kappa shape index (κ3) is 2.81. The normalized spacial score (nSPS) is 17.7. The molecule has 1 aliphatic carbocycles. The molecule has 2 heterocycles. The van der Waals surface area contributed by atoms with E-state index in [0.717, 1.165) is 12.0 Å². The van der Waals surface area contributed by atoms with E-state index in [4.69, 9.17) is 16.3 Å². The van der Waals surface area contributed by atoms with Gasteiger partial charge in [-0.05, 0) is 41.8 Å². The van der Waals surface area contributed by atoms with Gasteiger partial charge in [0, 0.05) is 16.1 Å². The van der Waals surface area contributed by atoms with Crippen molar-refractivity contribution in [2.45, 2.75) is 25.0 Å². The van der Waals surface area contributed by atoms with Crippen molar-refractivity contribution in [3.8, 4) is 17.4 Å². The highest BCUT2D eigenvalue weighted by Crippen LogP contribution is 2.59. The lowest BCUT2D eigenvalue weighted by Gasteiger charge is -2.24. The minimum Gasteiger partial charge on any atom is -0.494 e. The summed E-state index contributed by atoms with van der Waals surface area (Å²) in [7, 11) is 0. The van der Waals surface area contributed by atoms with E-state index in [1.807, 2.05) is 19.1 Å². The summed E-state index contributed by atoms with van der Waals surface area (Å²) in [6.07, 6.45) is -0.178. The summed E-state index contributed by atoms with van der Waals surface area (Å²) in [6.45, 7) is 2.03. The average molecular weight is 486 g/mol. The monoisotopic (exact) mass is 485 g/mol. The van der Waals surface area contributed by atoms with Crippen LogP contribution in [0, 0.1) is 0 Å². The number of aromatic nitrogens is 1. The topological polar surface area (TPSA) is 88.8 Å². The fraction of sp³-hybridized carbons (Fsp3) is 0.143. The van der Waals surface area contributed by atoms with Gasteiger partial charge in [-0.2, -0.15) is 0 Å². The molecule has 1 aromatic heterocycles. The number of rotatable bonds is 3. The molecule has 35 heavy (non-hydrogen) atoms. The largest absolute Gasteiger partial charge is 0.494 e. The number of aromatic hydroxyl groups is 2. The quantitative estimate of drug-likeness (QED) is 0.374. The molecule has 1 atom stereocenters. The summed E-state index contributed by atoms with van der Waals surface area (Å²) < 4.78 is 7.51. The Morgan fingerprint density at radius 1 is 0.914 bits per heavy atom. The smallest absolute Gasteiger partial charge is 0.225 e. The van der Waals surface area contributed by atoms with E-state index >= 15 is 0 Å². The molecule has 0 amide bonds. The van der Waals surface area contributed by atoms with Crippen LogP contribution in [0.3, 0.4) is 0 Å². The SMILES string of the molecule is CCc1ccc(-n2c(O)c3c(c2O)C2(OC3c3cccc(Cl)c3)C(=O)c3ccccc3C2=O)cc1. The molecule has 174 valence electrons. The third-order valence-corrected chi connectivity index (χ3v) is 7.11. The van der Waals surface area contributed by atoms with Crippen LogP contribution in [-0.4, -0.2) is 26.3 Å². The van der Waals surface area contributed by atoms with Gasteiger partial charge in [0.1, 0.15) is 6.10 Å². The van der Waals surface area contributed by atoms with Crippen LogP contribution < -0.4 is 0 Å². The highest BCUT2D eigenvalue weighted by Gasteiger charge is 2.64. The number of hydrogen-bond acceptors (Lipinski definition) is 5. The van der Waals surface area contributed by atoms with Gasteiger partial charge in [0.25, 0.3) is 0 Å². The Morgan fingerprint density at radius 3 is 2.17 bits per heavy atom. The average Bonchev–Trinajstić information content (AvgIpc) is 3.44. The van der Waals surface area contributed by atoms with Crippen LogP contribution >= 0.6 is 11.6 Å². The molecule has 7 heteroatoms. The molecule has 3 aromatic carbocycles. The molecule has 0 bridgehead atoms. The Kier molecular flexibility index (Phi) is 4.68. The minimum absolute atomic E-state index is 0.0363. The highest BCUT2D eigenvalue weighted by molar-refractivity contribution is 6.33. The van der Waals surface area contributed by atoms with Crippen molar-refractivity contribution in [3.05, 3.63) is 111 Å². The summed E-state index contributed by atoms with van der Waals surface area (Å²) in [6, 6.07) is 20.6. The lowest BCUT2D eigenvalue weighted by Crippen LogP contribution is -2.38. The first-order valence-electron chi connectivity index (χ1n) is 11.3. The maximum Gasteiger partial charge on any atom is 0.225 e. The second kappa shape index (κ2) is 7.57. The van der Waals surface area contributed by atoms with Gasteiger partial charge >= 0.3 is 0 Å². The van der Waals surface area contributed by atoms with E-state index in [1.165, 1.54) is 4.57 Å². The third-order valence-electron chi connectivity index (χ3n) is 6.88. The van der Waals surface area contributed by atoms with Crippen molar-refractivity contribution < 1.29 is 24.5 Å². The van der Waals surface area contributed by atoms with Gasteiger partial charge in [-0.25, -0.2) is 0 Å². The van der Waals surface area contributed by atoms with Crippen LogP contribution in [0.15, 0.2) is 72.8 Å². The molecule has 0 saturated carbocycles. The maximum atomic E-state index is 13.8. The summed E-state index contributed by atoms with van der Waals surface area (Å²) >= 11 is 6.23. The first-order valence-corrected chi connectivity index (χ1v) is 11.6. The predicted octanol–water partition coefficient (Wildman–Crippen LogP) is 5.50. The minimum atomic E-state index is -2.11. The van der Waals surface area contributed by atoms with Crippen molar-refractivity contribution >= 4 is 23.2 Å². The standard InChI is InChI=1S/C28H20ClNO5/c1-2-15-10-12-18(13-11-15)30-26(33)21-22(27(30)34)28(35-23(21)16-6-5-7-17(29)14-16)24(31)19-8-3-4-9-20(19)25(28)32/h3-14,23,33-34H,2H2,1H3. The zero-order valence-electron chi connectivity index (χ0n) is 18.7.